The van der Waals surface area contributed by atoms with Gasteiger partial charge < -0.3 is 19.5 Å². The third kappa shape index (κ3) is 5.47. The fraction of sp³-hybridized carbons (Fsp3) is 0.571. The van der Waals surface area contributed by atoms with Crippen molar-refractivity contribution in [2.24, 2.45) is 0 Å². The van der Waals surface area contributed by atoms with Crippen molar-refractivity contribution in [2.75, 3.05) is 19.0 Å². The van der Waals surface area contributed by atoms with E-state index >= 15 is 0 Å². The highest BCUT2D eigenvalue weighted by atomic mass is 16.5. The van der Waals surface area contributed by atoms with Crippen LogP contribution >= 0.6 is 0 Å². The molecule has 1 N–H and O–H groups in total. The largest absolute Gasteiger partial charge is 0.491 e. The molecule has 7 nitrogen and oxygen atoms in total. The zero-order valence-electron chi connectivity index (χ0n) is 17.0. The summed E-state index contributed by atoms with van der Waals surface area (Å²) in [5, 5.41) is 3.33. The van der Waals surface area contributed by atoms with E-state index in [1.54, 1.807) is 19.5 Å². The van der Waals surface area contributed by atoms with E-state index in [4.69, 9.17) is 14.2 Å². The second-order valence-corrected chi connectivity index (χ2v) is 7.05. The van der Waals surface area contributed by atoms with Crippen LogP contribution in [0, 0.1) is 6.92 Å². The van der Waals surface area contributed by atoms with Gasteiger partial charge in [0.05, 0.1) is 31.3 Å². The van der Waals surface area contributed by atoms with Crippen LogP contribution in [0.3, 0.4) is 0 Å². The minimum absolute atomic E-state index is 0.255. The molecule has 1 fully saturated rings. The second-order valence-electron chi connectivity index (χ2n) is 7.05. The number of nitrogens with zero attached hydrogens (tertiary/aromatic N) is 3. The third-order valence-electron chi connectivity index (χ3n) is 4.78. The SMILES string of the molecule is CCCCNc1nc(C)ncc1OCc1cc(OC2CCCC2)c(OC)cn1. The maximum absolute atomic E-state index is 6.14. The summed E-state index contributed by atoms with van der Waals surface area (Å²) < 4.78 is 17.5. The predicted molar refractivity (Wildman–Crippen MR) is 108 cm³/mol. The molecule has 152 valence electrons. The molecule has 28 heavy (non-hydrogen) atoms. The smallest absolute Gasteiger partial charge is 0.180 e. The Balaban J connectivity index is 1.68. The fourth-order valence-corrected chi connectivity index (χ4v) is 3.20. The summed E-state index contributed by atoms with van der Waals surface area (Å²) in [4.78, 5) is 13.1. The number of hydrogen-bond acceptors (Lipinski definition) is 7. The van der Waals surface area contributed by atoms with E-state index in [0.29, 0.717) is 23.9 Å². The maximum Gasteiger partial charge on any atom is 0.180 e. The number of pyridine rings is 1. The molecule has 2 aromatic heterocycles. The van der Waals surface area contributed by atoms with Gasteiger partial charge in [-0.15, -0.1) is 0 Å². The molecule has 0 spiro atoms. The van der Waals surface area contributed by atoms with Gasteiger partial charge in [-0.05, 0) is 39.0 Å². The van der Waals surface area contributed by atoms with Crippen LogP contribution < -0.4 is 19.5 Å². The minimum atomic E-state index is 0.255. The topological polar surface area (TPSA) is 78.4 Å². The van der Waals surface area contributed by atoms with E-state index in [1.807, 2.05) is 13.0 Å². The Bertz CT molecular complexity index is 763. The van der Waals surface area contributed by atoms with Crippen molar-refractivity contribution in [3.05, 3.63) is 30.0 Å². The summed E-state index contributed by atoms with van der Waals surface area (Å²) in [6.45, 7) is 5.18. The molecule has 0 atom stereocenters. The number of nitrogens with one attached hydrogen (secondary N) is 1. The molecule has 2 heterocycles. The molecule has 2 aromatic rings. The van der Waals surface area contributed by atoms with Gasteiger partial charge in [0.2, 0.25) is 0 Å². The van der Waals surface area contributed by atoms with Gasteiger partial charge >= 0.3 is 0 Å². The van der Waals surface area contributed by atoms with E-state index in [9.17, 15) is 0 Å². The molecule has 3 rings (SSSR count). The van der Waals surface area contributed by atoms with E-state index in [0.717, 1.165) is 49.5 Å². The van der Waals surface area contributed by atoms with Crippen molar-refractivity contribution >= 4 is 5.82 Å². The highest BCUT2D eigenvalue weighted by molar-refractivity contribution is 5.48. The Morgan fingerprint density at radius 2 is 1.89 bits per heavy atom. The summed E-state index contributed by atoms with van der Waals surface area (Å²) in [6, 6.07) is 1.90. The van der Waals surface area contributed by atoms with Crippen LogP contribution in [0.2, 0.25) is 0 Å². The number of hydrogen-bond donors (Lipinski definition) is 1. The highest BCUT2D eigenvalue weighted by Crippen LogP contribution is 2.32. The van der Waals surface area contributed by atoms with Crippen LogP contribution in [0.25, 0.3) is 0 Å². The first-order valence-corrected chi connectivity index (χ1v) is 10.1. The van der Waals surface area contributed by atoms with E-state index < -0.39 is 0 Å². The van der Waals surface area contributed by atoms with E-state index in [-0.39, 0.29) is 6.10 Å². The average molecular weight is 386 g/mol. The van der Waals surface area contributed by atoms with Crippen molar-refractivity contribution in [3.63, 3.8) is 0 Å². The first-order valence-electron chi connectivity index (χ1n) is 10.1. The number of anilines is 1. The lowest BCUT2D eigenvalue weighted by atomic mass is 10.3. The fourth-order valence-electron chi connectivity index (χ4n) is 3.20. The number of aryl methyl sites for hydroxylation is 1. The molecule has 1 aliphatic carbocycles. The maximum atomic E-state index is 6.14. The molecule has 7 heteroatoms. The lowest BCUT2D eigenvalue weighted by molar-refractivity contribution is 0.199. The van der Waals surface area contributed by atoms with Crippen LogP contribution in [-0.4, -0.2) is 34.7 Å². The van der Waals surface area contributed by atoms with Crippen LogP contribution in [0.4, 0.5) is 5.82 Å². The van der Waals surface area contributed by atoms with Gasteiger partial charge in [0, 0.05) is 12.6 Å². The van der Waals surface area contributed by atoms with Crippen LogP contribution in [0.5, 0.6) is 17.2 Å². The zero-order valence-corrected chi connectivity index (χ0v) is 17.0. The van der Waals surface area contributed by atoms with E-state index in [1.165, 1.54) is 12.8 Å². The van der Waals surface area contributed by atoms with Crippen molar-refractivity contribution in [1.82, 2.24) is 15.0 Å². The number of unbranched alkanes of at least 4 members (excludes halogenated alkanes) is 1. The van der Waals surface area contributed by atoms with Gasteiger partial charge in [0.1, 0.15) is 12.4 Å². The van der Waals surface area contributed by atoms with Gasteiger partial charge in [0.25, 0.3) is 0 Å². The Morgan fingerprint density at radius 3 is 2.64 bits per heavy atom. The second kappa shape index (κ2) is 10.1. The molecule has 0 amide bonds. The molecule has 1 aliphatic rings. The van der Waals surface area contributed by atoms with Crippen LogP contribution in [0.15, 0.2) is 18.5 Å². The van der Waals surface area contributed by atoms with E-state index in [2.05, 4.69) is 27.2 Å². The molecule has 0 aliphatic heterocycles. The Kier molecular flexibility index (Phi) is 7.28. The van der Waals surface area contributed by atoms with Crippen LogP contribution in [0.1, 0.15) is 57.0 Å². The lowest BCUT2D eigenvalue weighted by Gasteiger charge is -2.17. The Hall–Kier alpha value is -2.57. The predicted octanol–water partition coefficient (Wildman–Crippen LogP) is 4.30. The summed E-state index contributed by atoms with van der Waals surface area (Å²) in [5.74, 6) is 3.43. The summed E-state index contributed by atoms with van der Waals surface area (Å²) in [6.07, 6.45) is 10.5. The quantitative estimate of drug-likeness (QED) is 0.610. The van der Waals surface area contributed by atoms with Crippen molar-refractivity contribution in [3.8, 4) is 17.2 Å². The molecular formula is C21H30N4O3. The molecule has 0 unspecified atom stereocenters. The molecule has 1 saturated carbocycles. The summed E-state index contributed by atoms with van der Waals surface area (Å²) in [7, 11) is 1.63. The monoisotopic (exact) mass is 386 g/mol. The molecule has 0 saturated heterocycles. The number of methoxy groups -OCH3 is 1. The zero-order chi connectivity index (χ0) is 19.8. The summed E-state index contributed by atoms with van der Waals surface area (Å²) >= 11 is 0. The number of aromatic nitrogens is 3. The molecule has 0 radical (unpaired) electrons. The van der Waals surface area contributed by atoms with Crippen molar-refractivity contribution in [1.29, 1.82) is 0 Å². The van der Waals surface area contributed by atoms with Crippen molar-refractivity contribution < 1.29 is 14.2 Å². The van der Waals surface area contributed by atoms with Gasteiger partial charge in [-0.1, -0.05) is 13.3 Å². The summed E-state index contributed by atoms with van der Waals surface area (Å²) in [5.41, 5.74) is 0.772. The lowest BCUT2D eigenvalue weighted by Crippen LogP contribution is -2.12. The number of rotatable bonds is 10. The minimum Gasteiger partial charge on any atom is -0.491 e. The van der Waals surface area contributed by atoms with Crippen molar-refractivity contribution in [2.45, 2.75) is 65.1 Å². The van der Waals surface area contributed by atoms with Crippen LogP contribution in [-0.2, 0) is 6.61 Å². The third-order valence-corrected chi connectivity index (χ3v) is 4.78. The number of ether oxygens (including phenoxy) is 3. The Labute approximate surface area is 166 Å². The standard InChI is InChI=1S/C21H30N4O3/c1-4-5-10-22-21-20(13-23-15(2)25-21)27-14-16-11-18(19(26-3)12-24-16)28-17-8-6-7-9-17/h11-13,17H,4-10,14H2,1-3H3,(H,22,23,25). The van der Waals surface area contributed by atoms with Gasteiger partial charge in [-0.25, -0.2) is 9.97 Å². The normalized spacial score (nSPS) is 14.1. The molecule has 0 aromatic carbocycles. The molecule has 0 bridgehead atoms. The highest BCUT2D eigenvalue weighted by Gasteiger charge is 2.19. The van der Waals surface area contributed by atoms with Gasteiger partial charge in [0.15, 0.2) is 23.1 Å². The van der Waals surface area contributed by atoms with Gasteiger partial charge in [-0.3, -0.25) is 4.98 Å². The first kappa shape index (κ1) is 20.2. The first-order chi connectivity index (χ1) is 13.7. The Morgan fingerprint density at radius 1 is 1.11 bits per heavy atom. The van der Waals surface area contributed by atoms with Gasteiger partial charge in [-0.2, -0.15) is 0 Å². The average Bonchev–Trinajstić information content (AvgIpc) is 3.21. The molecular weight excluding hydrogens is 356 g/mol.